The average molecular weight is 304 g/mol. The monoisotopic (exact) mass is 303 g/mol. The van der Waals surface area contributed by atoms with Gasteiger partial charge in [-0.2, -0.15) is 0 Å². The Labute approximate surface area is 58.2 Å². The van der Waals surface area contributed by atoms with Crippen LogP contribution in [0.4, 0.5) is 0 Å². The molecule has 0 aliphatic carbocycles. The Morgan fingerprint density at radius 1 is 0.500 bits per heavy atom. The van der Waals surface area contributed by atoms with Crippen LogP contribution in [-0.4, -0.2) is 0 Å². The SMILES string of the molecule is Cl.Cl.Cl.[Pt]. The van der Waals surface area contributed by atoms with Gasteiger partial charge in [0.15, 0.2) is 0 Å². The molecule has 34 valence electrons. The molecule has 0 unspecified atom stereocenters. The predicted octanol–water partition coefficient (Wildman–Crippen LogP) is 1.26. The predicted molar refractivity (Wildman–Crippen MR) is 21.7 cm³/mol. The van der Waals surface area contributed by atoms with E-state index in [2.05, 4.69) is 0 Å². The van der Waals surface area contributed by atoms with Crippen molar-refractivity contribution in [3.63, 3.8) is 0 Å². The van der Waals surface area contributed by atoms with Crippen LogP contribution in [-0.2, 0) is 21.1 Å². The molecule has 0 rings (SSSR count). The zero-order valence-corrected chi connectivity index (χ0v) is 6.26. The largest absolute Gasteiger partial charge is 0.147 e. The fourth-order valence-electron chi connectivity index (χ4n) is 0. The summed E-state index contributed by atoms with van der Waals surface area (Å²) in [7, 11) is 0. The van der Waals surface area contributed by atoms with E-state index in [9.17, 15) is 0 Å². The minimum absolute atomic E-state index is 0. The molecule has 0 radical (unpaired) electrons. The van der Waals surface area contributed by atoms with Crippen LogP contribution in [0, 0.1) is 0 Å². The summed E-state index contributed by atoms with van der Waals surface area (Å²) >= 11 is 0. The van der Waals surface area contributed by atoms with Gasteiger partial charge in [0.1, 0.15) is 0 Å². The Morgan fingerprint density at radius 2 is 0.500 bits per heavy atom. The van der Waals surface area contributed by atoms with E-state index in [4.69, 9.17) is 0 Å². The average Bonchev–Trinajstić information content (AvgIpc) is 0. The fourth-order valence-corrected chi connectivity index (χ4v) is 0. The van der Waals surface area contributed by atoms with Crippen molar-refractivity contribution in [3.05, 3.63) is 0 Å². The first kappa shape index (κ1) is 47.6. The van der Waals surface area contributed by atoms with Crippen molar-refractivity contribution >= 4 is 37.2 Å². The minimum Gasteiger partial charge on any atom is -0.147 e. The van der Waals surface area contributed by atoms with Crippen LogP contribution in [0.25, 0.3) is 0 Å². The second-order valence-corrected chi connectivity index (χ2v) is 0. The molecule has 0 aromatic carbocycles. The van der Waals surface area contributed by atoms with Gasteiger partial charge < -0.3 is 0 Å². The van der Waals surface area contributed by atoms with Crippen LogP contribution in [0.5, 0.6) is 0 Å². The number of hydrogen-bond acceptors (Lipinski definition) is 0. The Hall–Kier alpha value is 1.56. The van der Waals surface area contributed by atoms with Gasteiger partial charge in [0, 0.05) is 21.1 Å². The van der Waals surface area contributed by atoms with Crippen LogP contribution in [0.3, 0.4) is 0 Å². The Morgan fingerprint density at radius 3 is 0.500 bits per heavy atom. The van der Waals surface area contributed by atoms with E-state index in [0.29, 0.717) is 0 Å². The molecule has 0 aliphatic rings. The third kappa shape index (κ3) is 9.59. The third-order valence-electron chi connectivity index (χ3n) is 0. The van der Waals surface area contributed by atoms with E-state index in [1.807, 2.05) is 0 Å². The molecule has 0 N–H and O–H groups in total. The Bertz CT molecular complexity index is 3.25. The van der Waals surface area contributed by atoms with Crippen molar-refractivity contribution in [2.45, 2.75) is 0 Å². The number of rotatable bonds is 0. The fraction of sp³-hybridized carbons (Fsp3) is 0. The van der Waals surface area contributed by atoms with Crippen molar-refractivity contribution in [1.29, 1.82) is 0 Å². The van der Waals surface area contributed by atoms with Gasteiger partial charge in [-0.05, 0) is 0 Å². The summed E-state index contributed by atoms with van der Waals surface area (Å²) in [5.74, 6) is 0. The van der Waals surface area contributed by atoms with Crippen LogP contribution in [0.1, 0.15) is 0 Å². The van der Waals surface area contributed by atoms with E-state index in [1.165, 1.54) is 0 Å². The first-order valence-electron chi connectivity index (χ1n) is 0. The molecule has 0 saturated heterocycles. The topological polar surface area (TPSA) is 0 Å². The molecule has 0 nitrogen and oxygen atoms in total. The minimum atomic E-state index is 0. The molecule has 0 saturated carbocycles. The van der Waals surface area contributed by atoms with Gasteiger partial charge >= 0.3 is 0 Å². The summed E-state index contributed by atoms with van der Waals surface area (Å²) < 4.78 is 0. The zero-order valence-electron chi connectivity index (χ0n) is 1.54. The molecule has 0 heterocycles. The van der Waals surface area contributed by atoms with E-state index in [-0.39, 0.29) is 58.3 Å². The maximum atomic E-state index is 0. The van der Waals surface area contributed by atoms with Crippen LogP contribution < -0.4 is 0 Å². The van der Waals surface area contributed by atoms with Crippen LogP contribution in [0.2, 0.25) is 0 Å². The molecule has 0 amide bonds. The van der Waals surface area contributed by atoms with E-state index >= 15 is 0 Å². The van der Waals surface area contributed by atoms with Crippen molar-refractivity contribution in [3.8, 4) is 0 Å². The van der Waals surface area contributed by atoms with Gasteiger partial charge in [0.05, 0.1) is 0 Å². The van der Waals surface area contributed by atoms with E-state index in [1.54, 1.807) is 0 Å². The Balaban J connectivity index is 0. The van der Waals surface area contributed by atoms with E-state index < -0.39 is 0 Å². The molecule has 4 heavy (non-hydrogen) atoms. The summed E-state index contributed by atoms with van der Waals surface area (Å²) in [5.41, 5.74) is 0. The molecule has 0 fully saturated rings. The summed E-state index contributed by atoms with van der Waals surface area (Å²) in [6, 6.07) is 0. The van der Waals surface area contributed by atoms with Crippen molar-refractivity contribution in [2.24, 2.45) is 0 Å². The molecule has 0 aromatic rings. The first-order chi connectivity index (χ1) is 0. The summed E-state index contributed by atoms with van der Waals surface area (Å²) in [6.07, 6.45) is 0. The molecule has 4 heteroatoms. The van der Waals surface area contributed by atoms with E-state index in [0.717, 1.165) is 0 Å². The number of halogens is 3. The van der Waals surface area contributed by atoms with Crippen LogP contribution >= 0.6 is 37.2 Å². The maximum absolute atomic E-state index is 0. The molecule has 0 atom stereocenters. The molecule has 0 aromatic heterocycles. The van der Waals surface area contributed by atoms with Gasteiger partial charge in [-0.25, -0.2) is 0 Å². The second kappa shape index (κ2) is 23.8. The Kier molecular flexibility index (Phi) is 283. The molecule has 0 spiro atoms. The van der Waals surface area contributed by atoms with Gasteiger partial charge in [0.2, 0.25) is 0 Å². The van der Waals surface area contributed by atoms with Gasteiger partial charge in [-0.1, -0.05) is 0 Å². The molecule has 0 bridgehead atoms. The van der Waals surface area contributed by atoms with Crippen molar-refractivity contribution in [1.82, 2.24) is 0 Å². The van der Waals surface area contributed by atoms with Gasteiger partial charge in [-0.3, -0.25) is 0 Å². The first-order valence-corrected chi connectivity index (χ1v) is 0. The van der Waals surface area contributed by atoms with Crippen LogP contribution in [0.15, 0.2) is 0 Å². The molecule has 0 aliphatic heterocycles. The second-order valence-electron chi connectivity index (χ2n) is 0. The summed E-state index contributed by atoms with van der Waals surface area (Å²) in [4.78, 5) is 0. The maximum Gasteiger partial charge on any atom is 0 e. The standard InChI is InChI=1S/3ClH.Pt/h3*1H;. The normalized spacial score (nSPS) is 0. The van der Waals surface area contributed by atoms with Gasteiger partial charge in [-0.15, -0.1) is 37.2 Å². The zero-order chi connectivity index (χ0) is 0. The third-order valence-corrected chi connectivity index (χ3v) is 0. The quantitative estimate of drug-likeness (QED) is 0.632. The molecular formula is H3Cl3Pt. The van der Waals surface area contributed by atoms with Crippen molar-refractivity contribution in [2.75, 3.05) is 0 Å². The summed E-state index contributed by atoms with van der Waals surface area (Å²) in [5, 5.41) is 0. The summed E-state index contributed by atoms with van der Waals surface area (Å²) in [6.45, 7) is 0. The molecular weight excluding hydrogens is 301 g/mol. The van der Waals surface area contributed by atoms with Crippen molar-refractivity contribution < 1.29 is 21.1 Å². The smallest absolute Gasteiger partial charge is 0 e. The number of hydrogen-bond donors (Lipinski definition) is 0. The van der Waals surface area contributed by atoms with Gasteiger partial charge in [0.25, 0.3) is 0 Å².